The number of aliphatic hydroxyl groups excluding tert-OH is 1. The SMILES string of the molecule is C[C@@H]1C[C@@]2(C)[C@@H](CC[C@@H]3[C@@H]2CC[C@@]2(C)[C@H]3CC[C@]2(C)O)C[C@H]1O. The third kappa shape index (κ3) is 2.06. The van der Waals surface area contributed by atoms with Crippen molar-refractivity contribution in [1.82, 2.24) is 0 Å². The van der Waals surface area contributed by atoms with Crippen molar-refractivity contribution >= 4 is 0 Å². The van der Waals surface area contributed by atoms with Crippen molar-refractivity contribution in [3.05, 3.63) is 0 Å². The van der Waals surface area contributed by atoms with Crippen LogP contribution in [0.2, 0.25) is 0 Å². The van der Waals surface area contributed by atoms with Gasteiger partial charge in [-0.3, -0.25) is 0 Å². The van der Waals surface area contributed by atoms with E-state index in [1.807, 2.05) is 0 Å². The van der Waals surface area contributed by atoms with E-state index in [2.05, 4.69) is 27.7 Å². The standard InChI is InChI=1S/C21H36O2/c1-13-12-19(2)14(11-18(13)22)5-6-15-16(19)7-9-20(3)17(15)8-10-21(20,4)23/h13-18,22-23H,5-12H2,1-4H3/t13-,14+,15-,16+,17+,18-,19+,20+,21+/m1/s1. The van der Waals surface area contributed by atoms with Gasteiger partial charge in [-0.25, -0.2) is 0 Å². The molecule has 2 heteroatoms. The van der Waals surface area contributed by atoms with E-state index in [1.165, 1.54) is 38.5 Å². The largest absolute Gasteiger partial charge is 0.393 e. The zero-order valence-electron chi connectivity index (χ0n) is 15.5. The molecule has 23 heavy (non-hydrogen) atoms. The zero-order chi connectivity index (χ0) is 16.6. The molecular weight excluding hydrogens is 284 g/mol. The van der Waals surface area contributed by atoms with Crippen LogP contribution in [0.15, 0.2) is 0 Å². The Morgan fingerprint density at radius 1 is 0.913 bits per heavy atom. The first-order valence-electron chi connectivity index (χ1n) is 10.1. The van der Waals surface area contributed by atoms with Gasteiger partial charge in [-0.05, 0) is 98.7 Å². The molecule has 2 nitrogen and oxygen atoms in total. The molecule has 4 saturated carbocycles. The molecule has 0 radical (unpaired) electrons. The van der Waals surface area contributed by atoms with Crippen molar-refractivity contribution in [2.45, 2.75) is 90.8 Å². The summed E-state index contributed by atoms with van der Waals surface area (Å²) in [5.74, 6) is 3.53. The summed E-state index contributed by atoms with van der Waals surface area (Å²) in [5.41, 5.74) is 0.102. The maximum atomic E-state index is 11.0. The van der Waals surface area contributed by atoms with Gasteiger partial charge in [-0.1, -0.05) is 20.8 Å². The minimum Gasteiger partial charge on any atom is -0.393 e. The summed E-state index contributed by atoms with van der Waals surface area (Å²) in [4.78, 5) is 0. The maximum absolute atomic E-state index is 11.0. The molecule has 0 aromatic heterocycles. The van der Waals surface area contributed by atoms with Crippen molar-refractivity contribution < 1.29 is 10.2 Å². The molecule has 2 N–H and O–H groups in total. The van der Waals surface area contributed by atoms with E-state index in [1.54, 1.807) is 0 Å². The Labute approximate surface area is 142 Å². The summed E-state index contributed by atoms with van der Waals surface area (Å²) in [6.45, 7) is 9.28. The third-order valence-electron chi connectivity index (χ3n) is 9.57. The van der Waals surface area contributed by atoms with Crippen LogP contribution in [-0.2, 0) is 0 Å². The predicted molar refractivity (Wildman–Crippen MR) is 92.9 cm³/mol. The van der Waals surface area contributed by atoms with E-state index in [0.717, 1.165) is 36.5 Å². The molecule has 4 aliphatic rings. The fourth-order valence-electron chi connectivity index (χ4n) is 7.84. The second-order valence-corrected chi connectivity index (χ2v) is 10.4. The first-order chi connectivity index (χ1) is 10.7. The van der Waals surface area contributed by atoms with Gasteiger partial charge in [0.25, 0.3) is 0 Å². The number of hydrogen-bond donors (Lipinski definition) is 2. The Balaban J connectivity index is 1.64. The van der Waals surface area contributed by atoms with Crippen LogP contribution < -0.4 is 0 Å². The van der Waals surface area contributed by atoms with Gasteiger partial charge in [0.2, 0.25) is 0 Å². The Bertz CT molecular complexity index is 486. The lowest BCUT2D eigenvalue weighted by Gasteiger charge is -2.62. The van der Waals surface area contributed by atoms with E-state index in [9.17, 15) is 10.2 Å². The van der Waals surface area contributed by atoms with Gasteiger partial charge in [0.15, 0.2) is 0 Å². The summed E-state index contributed by atoms with van der Waals surface area (Å²) in [7, 11) is 0. The average Bonchev–Trinajstić information content (AvgIpc) is 2.71. The van der Waals surface area contributed by atoms with Gasteiger partial charge in [-0.2, -0.15) is 0 Å². The molecule has 4 aliphatic carbocycles. The highest BCUT2D eigenvalue weighted by molar-refractivity contribution is 5.13. The minimum absolute atomic E-state index is 0.0781. The second kappa shape index (κ2) is 4.97. The minimum atomic E-state index is -0.462. The van der Waals surface area contributed by atoms with Gasteiger partial charge in [0.1, 0.15) is 0 Å². The molecule has 4 rings (SSSR count). The molecule has 0 aromatic carbocycles. The van der Waals surface area contributed by atoms with Crippen LogP contribution in [0.4, 0.5) is 0 Å². The van der Waals surface area contributed by atoms with Crippen LogP contribution in [0.5, 0.6) is 0 Å². The molecule has 0 spiro atoms. The molecule has 0 bridgehead atoms. The predicted octanol–water partition coefficient (Wildman–Crippen LogP) is 4.39. The molecular formula is C21H36O2. The molecule has 0 amide bonds. The molecule has 4 fully saturated rings. The van der Waals surface area contributed by atoms with Crippen molar-refractivity contribution in [2.75, 3.05) is 0 Å². The van der Waals surface area contributed by atoms with Crippen LogP contribution >= 0.6 is 0 Å². The fraction of sp³-hybridized carbons (Fsp3) is 1.00. The van der Waals surface area contributed by atoms with Crippen molar-refractivity contribution in [3.8, 4) is 0 Å². The average molecular weight is 321 g/mol. The first kappa shape index (κ1) is 16.4. The van der Waals surface area contributed by atoms with Crippen LogP contribution in [0, 0.1) is 40.4 Å². The third-order valence-corrected chi connectivity index (χ3v) is 9.57. The van der Waals surface area contributed by atoms with Crippen LogP contribution in [0.1, 0.15) is 79.1 Å². The Kier molecular flexibility index (Phi) is 3.54. The number of aliphatic hydroxyl groups is 2. The van der Waals surface area contributed by atoms with E-state index >= 15 is 0 Å². The van der Waals surface area contributed by atoms with Crippen molar-refractivity contribution in [1.29, 1.82) is 0 Å². The Morgan fingerprint density at radius 3 is 2.35 bits per heavy atom. The molecule has 0 heterocycles. The van der Waals surface area contributed by atoms with E-state index in [4.69, 9.17) is 0 Å². The monoisotopic (exact) mass is 320 g/mol. The summed E-state index contributed by atoms with van der Waals surface area (Å²) < 4.78 is 0. The fourth-order valence-corrected chi connectivity index (χ4v) is 7.84. The maximum Gasteiger partial charge on any atom is 0.0675 e. The molecule has 132 valence electrons. The van der Waals surface area contributed by atoms with Crippen LogP contribution in [0.25, 0.3) is 0 Å². The number of fused-ring (bicyclic) bond motifs is 5. The molecule has 9 atom stereocenters. The summed E-state index contributed by atoms with van der Waals surface area (Å²) in [5, 5.41) is 21.3. The lowest BCUT2D eigenvalue weighted by atomic mass is 9.43. The van der Waals surface area contributed by atoms with Gasteiger partial charge in [-0.15, -0.1) is 0 Å². The molecule has 0 unspecified atom stereocenters. The lowest BCUT2D eigenvalue weighted by molar-refractivity contribution is -0.161. The van der Waals surface area contributed by atoms with E-state index in [0.29, 0.717) is 11.3 Å². The van der Waals surface area contributed by atoms with Crippen LogP contribution in [-0.4, -0.2) is 21.9 Å². The normalized spacial score (nSPS) is 62.3. The molecule has 0 aromatic rings. The zero-order valence-corrected chi connectivity index (χ0v) is 15.5. The smallest absolute Gasteiger partial charge is 0.0675 e. The summed E-state index contributed by atoms with van der Waals surface area (Å²) in [6, 6.07) is 0. The van der Waals surface area contributed by atoms with E-state index < -0.39 is 5.60 Å². The Morgan fingerprint density at radius 2 is 1.61 bits per heavy atom. The summed E-state index contributed by atoms with van der Waals surface area (Å²) in [6.07, 6.45) is 9.51. The van der Waals surface area contributed by atoms with E-state index in [-0.39, 0.29) is 11.5 Å². The highest BCUT2D eigenvalue weighted by Gasteiger charge is 2.63. The van der Waals surface area contributed by atoms with Gasteiger partial charge in [0, 0.05) is 0 Å². The van der Waals surface area contributed by atoms with Crippen molar-refractivity contribution in [3.63, 3.8) is 0 Å². The molecule has 0 aliphatic heterocycles. The van der Waals surface area contributed by atoms with Gasteiger partial charge >= 0.3 is 0 Å². The Hall–Kier alpha value is -0.0800. The van der Waals surface area contributed by atoms with Gasteiger partial charge < -0.3 is 10.2 Å². The quantitative estimate of drug-likeness (QED) is 0.695. The second-order valence-electron chi connectivity index (χ2n) is 10.4. The molecule has 0 saturated heterocycles. The van der Waals surface area contributed by atoms with Gasteiger partial charge in [0.05, 0.1) is 11.7 Å². The highest BCUT2D eigenvalue weighted by atomic mass is 16.3. The number of hydrogen-bond acceptors (Lipinski definition) is 2. The van der Waals surface area contributed by atoms with Crippen LogP contribution in [0.3, 0.4) is 0 Å². The highest BCUT2D eigenvalue weighted by Crippen LogP contribution is 2.68. The van der Waals surface area contributed by atoms with Crippen molar-refractivity contribution in [2.24, 2.45) is 40.4 Å². The topological polar surface area (TPSA) is 40.5 Å². The first-order valence-corrected chi connectivity index (χ1v) is 10.1. The number of rotatable bonds is 0. The lowest BCUT2D eigenvalue weighted by Crippen LogP contribution is -2.57. The summed E-state index contributed by atoms with van der Waals surface area (Å²) >= 11 is 0.